The van der Waals surface area contributed by atoms with Gasteiger partial charge in [-0.1, -0.05) is 29.8 Å². The number of carbonyl (C=O) groups is 2. The smallest absolute Gasteiger partial charge is 0.328 e. The fourth-order valence-electron chi connectivity index (χ4n) is 1.42. The molecule has 7 heteroatoms. The van der Waals surface area contributed by atoms with Crippen LogP contribution in [0, 0.1) is 0 Å². The normalized spacial score (nSPS) is 10.7. The zero-order chi connectivity index (χ0) is 14.5. The molecule has 0 saturated heterocycles. The maximum atomic E-state index is 11.4. The van der Waals surface area contributed by atoms with E-state index >= 15 is 0 Å². The van der Waals surface area contributed by atoms with Crippen LogP contribution in [-0.4, -0.2) is 22.0 Å². The molecule has 0 aliphatic carbocycles. The van der Waals surface area contributed by atoms with Crippen molar-refractivity contribution in [2.45, 2.75) is 0 Å². The molecular weight excluding hydrogens is 300 g/mol. The van der Waals surface area contributed by atoms with Gasteiger partial charge in [0.15, 0.2) is 5.13 Å². The Bertz CT molecular complexity index is 682. The molecular formula is C13H9ClN2O3S. The van der Waals surface area contributed by atoms with Crippen molar-refractivity contribution in [2.75, 3.05) is 5.32 Å². The van der Waals surface area contributed by atoms with Gasteiger partial charge in [0, 0.05) is 28.1 Å². The third kappa shape index (κ3) is 3.66. The summed E-state index contributed by atoms with van der Waals surface area (Å²) >= 11 is 7.29. The van der Waals surface area contributed by atoms with E-state index in [9.17, 15) is 9.59 Å². The molecule has 0 fully saturated rings. The number of carboxylic acids is 1. The lowest BCUT2D eigenvalue weighted by Crippen LogP contribution is -2.08. The lowest BCUT2D eigenvalue weighted by molar-refractivity contribution is -0.131. The second-order valence-electron chi connectivity index (χ2n) is 3.68. The number of carboxylic acid groups (broad SMARTS) is 1. The van der Waals surface area contributed by atoms with E-state index in [0.717, 1.165) is 17.7 Å². The molecule has 20 heavy (non-hydrogen) atoms. The summed E-state index contributed by atoms with van der Waals surface area (Å²) in [4.78, 5) is 25.9. The number of rotatable bonds is 4. The van der Waals surface area contributed by atoms with Gasteiger partial charge in [0.1, 0.15) is 0 Å². The molecule has 2 aromatic rings. The Balaban J connectivity index is 2.12. The molecule has 0 radical (unpaired) electrons. The third-order valence-corrected chi connectivity index (χ3v) is 3.35. The maximum absolute atomic E-state index is 11.4. The van der Waals surface area contributed by atoms with Gasteiger partial charge in [0.25, 0.3) is 0 Å². The standard InChI is InChI=1S/C13H9ClN2O3S/c14-9-4-2-1-3-8(9)10-7-20-13(15-10)16-11(17)5-6-12(18)19/h1-7H,(H,18,19)(H,15,16,17). The first-order valence-electron chi connectivity index (χ1n) is 5.48. The Morgan fingerprint density at radius 2 is 2.05 bits per heavy atom. The molecule has 1 aromatic carbocycles. The summed E-state index contributed by atoms with van der Waals surface area (Å²) in [6.07, 6.45) is 1.69. The molecule has 0 bridgehead atoms. The first kappa shape index (κ1) is 14.2. The van der Waals surface area contributed by atoms with E-state index in [4.69, 9.17) is 16.7 Å². The highest BCUT2D eigenvalue weighted by atomic mass is 35.5. The van der Waals surface area contributed by atoms with Gasteiger partial charge in [0.2, 0.25) is 5.91 Å². The highest BCUT2D eigenvalue weighted by Gasteiger charge is 2.09. The summed E-state index contributed by atoms with van der Waals surface area (Å²) in [5, 5.41) is 13.6. The zero-order valence-corrected chi connectivity index (χ0v) is 11.6. The minimum Gasteiger partial charge on any atom is -0.478 e. The van der Waals surface area contributed by atoms with Gasteiger partial charge in [-0.15, -0.1) is 11.3 Å². The van der Waals surface area contributed by atoms with Crippen molar-refractivity contribution in [3.05, 3.63) is 46.8 Å². The molecule has 1 heterocycles. The SMILES string of the molecule is O=C(O)C=CC(=O)Nc1nc(-c2ccccc2Cl)cs1. The average molecular weight is 309 g/mol. The van der Waals surface area contributed by atoms with Gasteiger partial charge in [-0.2, -0.15) is 0 Å². The van der Waals surface area contributed by atoms with Crippen LogP contribution < -0.4 is 5.32 Å². The van der Waals surface area contributed by atoms with E-state index in [1.807, 2.05) is 18.2 Å². The molecule has 102 valence electrons. The molecule has 0 unspecified atom stereocenters. The number of aromatic nitrogens is 1. The van der Waals surface area contributed by atoms with Crippen LogP contribution in [0.25, 0.3) is 11.3 Å². The third-order valence-electron chi connectivity index (χ3n) is 2.26. The second kappa shape index (κ2) is 6.31. The summed E-state index contributed by atoms with van der Waals surface area (Å²) in [5.41, 5.74) is 1.42. The molecule has 2 N–H and O–H groups in total. The lowest BCUT2D eigenvalue weighted by Gasteiger charge is -1.99. The van der Waals surface area contributed by atoms with Crippen molar-refractivity contribution in [2.24, 2.45) is 0 Å². The van der Waals surface area contributed by atoms with Gasteiger partial charge in [-0.3, -0.25) is 10.1 Å². The highest BCUT2D eigenvalue weighted by molar-refractivity contribution is 7.14. The summed E-state index contributed by atoms with van der Waals surface area (Å²) in [6, 6.07) is 7.24. The molecule has 0 aliphatic rings. The van der Waals surface area contributed by atoms with E-state index in [-0.39, 0.29) is 0 Å². The number of benzene rings is 1. The molecule has 0 aliphatic heterocycles. The van der Waals surface area contributed by atoms with Crippen LogP contribution in [0.2, 0.25) is 5.02 Å². The molecule has 2 rings (SSSR count). The maximum Gasteiger partial charge on any atom is 0.328 e. The van der Waals surface area contributed by atoms with Gasteiger partial charge >= 0.3 is 5.97 Å². The van der Waals surface area contributed by atoms with Crippen molar-refractivity contribution >= 4 is 39.9 Å². The second-order valence-corrected chi connectivity index (χ2v) is 4.94. The number of aliphatic carboxylic acids is 1. The van der Waals surface area contributed by atoms with E-state index in [1.165, 1.54) is 11.3 Å². The van der Waals surface area contributed by atoms with E-state index in [1.54, 1.807) is 11.4 Å². The van der Waals surface area contributed by atoms with Crippen LogP contribution in [0.1, 0.15) is 0 Å². The number of carbonyl (C=O) groups excluding carboxylic acids is 1. The van der Waals surface area contributed by atoms with Crippen molar-refractivity contribution in [3.63, 3.8) is 0 Å². The van der Waals surface area contributed by atoms with Crippen LogP contribution in [0.4, 0.5) is 5.13 Å². The summed E-state index contributed by atoms with van der Waals surface area (Å²) in [5.74, 6) is -1.73. The van der Waals surface area contributed by atoms with Crippen LogP contribution in [-0.2, 0) is 9.59 Å². The Morgan fingerprint density at radius 3 is 2.75 bits per heavy atom. The molecule has 1 amide bonds. The Morgan fingerprint density at radius 1 is 1.30 bits per heavy atom. The molecule has 0 saturated carbocycles. The fourth-order valence-corrected chi connectivity index (χ4v) is 2.36. The number of anilines is 1. The average Bonchev–Trinajstić information content (AvgIpc) is 2.85. The number of thiazole rings is 1. The minimum atomic E-state index is -1.18. The first-order chi connectivity index (χ1) is 9.56. The predicted molar refractivity (Wildman–Crippen MR) is 78.0 cm³/mol. The lowest BCUT2D eigenvalue weighted by atomic mass is 10.2. The summed E-state index contributed by atoms with van der Waals surface area (Å²) in [7, 11) is 0. The summed E-state index contributed by atoms with van der Waals surface area (Å²) in [6.45, 7) is 0. The minimum absolute atomic E-state index is 0.375. The zero-order valence-electron chi connectivity index (χ0n) is 10.0. The number of amides is 1. The Kier molecular flexibility index (Phi) is 4.49. The Labute approximate surface area is 123 Å². The van der Waals surface area contributed by atoms with Crippen LogP contribution in [0.5, 0.6) is 0 Å². The molecule has 5 nitrogen and oxygen atoms in total. The van der Waals surface area contributed by atoms with E-state index < -0.39 is 11.9 Å². The van der Waals surface area contributed by atoms with Gasteiger partial charge in [-0.05, 0) is 6.07 Å². The largest absolute Gasteiger partial charge is 0.478 e. The van der Waals surface area contributed by atoms with Gasteiger partial charge < -0.3 is 5.11 Å². The quantitative estimate of drug-likeness (QED) is 0.851. The number of nitrogens with zero attached hydrogens (tertiary/aromatic N) is 1. The summed E-state index contributed by atoms with van der Waals surface area (Å²) < 4.78 is 0. The van der Waals surface area contributed by atoms with Crippen molar-refractivity contribution in [1.29, 1.82) is 0 Å². The fraction of sp³-hybridized carbons (Fsp3) is 0. The molecule has 1 aromatic heterocycles. The van der Waals surface area contributed by atoms with E-state index in [0.29, 0.717) is 15.8 Å². The van der Waals surface area contributed by atoms with Crippen LogP contribution in [0.3, 0.4) is 0 Å². The number of nitrogens with one attached hydrogen (secondary N) is 1. The van der Waals surface area contributed by atoms with Crippen LogP contribution >= 0.6 is 22.9 Å². The Hall–Kier alpha value is -2.18. The van der Waals surface area contributed by atoms with Crippen molar-refractivity contribution in [1.82, 2.24) is 4.98 Å². The molecule has 0 spiro atoms. The first-order valence-corrected chi connectivity index (χ1v) is 6.74. The number of halogens is 1. The van der Waals surface area contributed by atoms with Gasteiger partial charge in [0.05, 0.1) is 5.69 Å². The number of hydrogen-bond acceptors (Lipinski definition) is 4. The monoisotopic (exact) mass is 308 g/mol. The topological polar surface area (TPSA) is 79.3 Å². The molecule has 0 atom stereocenters. The van der Waals surface area contributed by atoms with Crippen molar-refractivity contribution in [3.8, 4) is 11.3 Å². The van der Waals surface area contributed by atoms with Crippen molar-refractivity contribution < 1.29 is 14.7 Å². The predicted octanol–water partition coefficient (Wildman–Crippen LogP) is 3.04. The number of hydrogen-bond donors (Lipinski definition) is 2. The van der Waals surface area contributed by atoms with Gasteiger partial charge in [-0.25, -0.2) is 9.78 Å². The van der Waals surface area contributed by atoms with E-state index in [2.05, 4.69) is 10.3 Å². The highest BCUT2D eigenvalue weighted by Crippen LogP contribution is 2.30. The van der Waals surface area contributed by atoms with Crippen LogP contribution in [0.15, 0.2) is 41.8 Å².